The van der Waals surface area contributed by atoms with Gasteiger partial charge in [0, 0.05) is 18.0 Å². The number of aliphatic hydroxyl groups is 1. The fraction of sp³-hybridized carbons (Fsp3) is 0.250. The maximum Gasteiger partial charge on any atom is 0.133 e. The van der Waals surface area contributed by atoms with Gasteiger partial charge < -0.3 is 5.11 Å². The van der Waals surface area contributed by atoms with Gasteiger partial charge in [-0.3, -0.25) is 4.68 Å². The first kappa shape index (κ1) is 12.9. The molecule has 1 rings (SSSR count). The number of nitriles is 1. The highest BCUT2D eigenvalue weighted by molar-refractivity contribution is 6.08. The molecule has 1 atom stereocenters. The van der Waals surface area contributed by atoms with Crippen LogP contribution in [0, 0.1) is 11.3 Å². The number of hydrogen-bond acceptors (Lipinski definition) is 4. The Hall–Kier alpha value is -2.19. The molecular formula is C12H14N4O. The highest BCUT2D eigenvalue weighted by Gasteiger charge is 2.03. The average molecular weight is 230 g/mol. The summed E-state index contributed by atoms with van der Waals surface area (Å²) in [4.78, 5) is 3.82. The van der Waals surface area contributed by atoms with E-state index in [-0.39, 0.29) is 5.70 Å². The second-order valence-corrected chi connectivity index (χ2v) is 3.64. The van der Waals surface area contributed by atoms with E-state index in [0.29, 0.717) is 12.1 Å². The summed E-state index contributed by atoms with van der Waals surface area (Å²) in [6.07, 6.45) is 4.40. The smallest absolute Gasteiger partial charge is 0.133 e. The summed E-state index contributed by atoms with van der Waals surface area (Å²) in [6.45, 7) is 9.35. The first-order chi connectivity index (χ1) is 8.02. The highest BCUT2D eigenvalue weighted by atomic mass is 16.3. The van der Waals surface area contributed by atoms with E-state index in [9.17, 15) is 5.11 Å². The molecule has 0 bridgehead atoms. The summed E-state index contributed by atoms with van der Waals surface area (Å²) in [6, 6.07) is 1.82. The number of nitrogens with zero attached hydrogens (tertiary/aromatic N) is 4. The van der Waals surface area contributed by atoms with Crippen molar-refractivity contribution in [2.75, 3.05) is 0 Å². The van der Waals surface area contributed by atoms with Crippen molar-refractivity contribution in [2.24, 2.45) is 4.99 Å². The molecule has 0 fully saturated rings. The Morgan fingerprint density at radius 3 is 3.06 bits per heavy atom. The number of aliphatic imine (C=N–C) groups is 1. The van der Waals surface area contributed by atoms with Gasteiger partial charge in [0.1, 0.15) is 11.8 Å². The SMILES string of the molecule is C=C(C#N)/N=C/C(=C)c1cnn(CC(C)O)c1. The predicted molar refractivity (Wildman–Crippen MR) is 66.2 cm³/mol. The van der Waals surface area contributed by atoms with E-state index in [1.165, 1.54) is 6.21 Å². The Balaban J connectivity index is 2.71. The van der Waals surface area contributed by atoms with Crippen LogP contribution in [-0.2, 0) is 6.54 Å². The Labute approximate surface area is 100 Å². The van der Waals surface area contributed by atoms with Crippen molar-refractivity contribution in [2.45, 2.75) is 19.6 Å². The molecule has 1 aromatic rings. The minimum Gasteiger partial charge on any atom is -0.391 e. The van der Waals surface area contributed by atoms with Gasteiger partial charge in [0.05, 0.1) is 18.8 Å². The fourth-order valence-electron chi connectivity index (χ4n) is 1.16. The zero-order chi connectivity index (χ0) is 12.8. The third-order valence-electron chi connectivity index (χ3n) is 1.96. The lowest BCUT2D eigenvalue weighted by molar-refractivity contribution is 0.168. The molecule has 0 amide bonds. The molecule has 0 aliphatic rings. The highest BCUT2D eigenvalue weighted by Crippen LogP contribution is 2.09. The standard InChI is InChI=1S/C12H14N4O/c1-9(5-14-10(2)4-13)12-6-15-16(8-12)7-11(3)17/h5-6,8,11,17H,1-2,7H2,3H3/b14-5+. The number of aliphatic hydroxyl groups excluding tert-OH is 1. The molecule has 0 radical (unpaired) electrons. The van der Waals surface area contributed by atoms with Gasteiger partial charge in [-0.05, 0) is 12.5 Å². The van der Waals surface area contributed by atoms with E-state index in [1.54, 1.807) is 24.0 Å². The van der Waals surface area contributed by atoms with Crippen LogP contribution in [0.5, 0.6) is 0 Å². The van der Waals surface area contributed by atoms with Crippen molar-refractivity contribution < 1.29 is 5.11 Å². The van der Waals surface area contributed by atoms with E-state index in [2.05, 4.69) is 23.2 Å². The van der Waals surface area contributed by atoms with Gasteiger partial charge in [-0.15, -0.1) is 0 Å². The van der Waals surface area contributed by atoms with Gasteiger partial charge in [0.15, 0.2) is 0 Å². The van der Waals surface area contributed by atoms with Crippen molar-refractivity contribution in [3.05, 3.63) is 36.8 Å². The quantitative estimate of drug-likeness (QED) is 0.613. The number of allylic oxidation sites excluding steroid dienone is 2. The van der Waals surface area contributed by atoms with Crippen molar-refractivity contribution in [1.82, 2.24) is 9.78 Å². The molecule has 0 aliphatic heterocycles. The maximum atomic E-state index is 9.20. The lowest BCUT2D eigenvalue weighted by Gasteiger charge is -2.02. The van der Waals surface area contributed by atoms with Crippen LogP contribution in [0.25, 0.3) is 5.57 Å². The first-order valence-corrected chi connectivity index (χ1v) is 5.05. The minimum absolute atomic E-state index is 0.127. The van der Waals surface area contributed by atoms with Gasteiger partial charge in [-0.2, -0.15) is 10.4 Å². The first-order valence-electron chi connectivity index (χ1n) is 5.05. The Bertz CT molecular complexity index is 491. The molecule has 0 saturated heterocycles. The third kappa shape index (κ3) is 4.05. The fourth-order valence-corrected chi connectivity index (χ4v) is 1.16. The van der Waals surface area contributed by atoms with E-state index in [0.717, 1.165) is 5.56 Å². The van der Waals surface area contributed by atoms with Gasteiger partial charge in [0.2, 0.25) is 0 Å². The third-order valence-corrected chi connectivity index (χ3v) is 1.96. The molecule has 0 aromatic carbocycles. The van der Waals surface area contributed by atoms with Crippen molar-refractivity contribution in [3.63, 3.8) is 0 Å². The molecule has 17 heavy (non-hydrogen) atoms. The lowest BCUT2D eigenvalue weighted by atomic mass is 10.2. The van der Waals surface area contributed by atoms with Gasteiger partial charge in [-0.25, -0.2) is 4.99 Å². The Morgan fingerprint density at radius 1 is 1.76 bits per heavy atom. The van der Waals surface area contributed by atoms with Crippen LogP contribution in [0.1, 0.15) is 12.5 Å². The molecule has 5 heteroatoms. The van der Waals surface area contributed by atoms with Crippen LogP contribution in [-0.4, -0.2) is 27.2 Å². The zero-order valence-corrected chi connectivity index (χ0v) is 9.67. The molecule has 0 aliphatic carbocycles. The van der Waals surface area contributed by atoms with Crippen molar-refractivity contribution in [3.8, 4) is 6.07 Å². The lowest BCUT2D eigenvalue weighted by Crippen LogP contribution is -2.11. The van der Waals surface area contributed by atoms with E-state index >= 15 is 0 Å². The number of hydrogen-bond donors (Lipinski definition) is 1. The van der Waals surface area contributed by atoms with Gasteiger partial charge in [-0.1, -0.05) is 13.2 Å². The van der Waals surface area contributed by atoms with Crippen LogP contribution in [0.4, 0.5) is 0 Å². The average Bonchev–Trinajstić information content (AvgIpc) is 2.72. The summed E-state index contributed by atoms with van der Waals surface area (Å²) in [5.41, 5.74) is 1.56. The van der Waals surface area contributed by atoms with Crippen LogP contribution in [0.2, 0.25) is 0 Å². The molecule has 1 N–H and O–H groups in total. The van der Waals surface area contributed by atoms with Crippen molar-refractivity contribution >= 4 is 11.8 Å². The second kappa shape index (κ2) is 5.77. The summed E-state index contributed by atoms with van der Waals surface area (Å²) in [5, 5.41) is 21.8. The summed E-state index contributed by atoms with van der Waals surface area (Å²) in [7, 11) is 0. The maximum absolute atomic E-state index is 9.20. The normalized spacial score (nSPS) is 12.3. The Kier molecular flexibility index (Phi) is 4.37. The van der Waals surface area contributed by atoms with Crippen LogP contribution in [0.15, 0.2) is 36.2 Å². The largest absolute Gasteiger partial charge is 0.391 e. The summed E-state index contributed by atoms with van der Waals surface area (Å²) >= 11 is 0. The number of aromatic nitrogens is 2. The summed E-state index contributed by atoms with van der Waals surface area (Å²) in [5.74, 6) is 0. The van der Waals surface area contributed by atoms with Crippen LogP contribution in [0.3, 0.4) is 0 Å². The number of rotatable bonds is 5. The molecule has 1 heterocycles. The van der Waals surface area contributed by atoms with Crippen LogP contribution >= 0.6 is 0 Å². The van der Waals surface area contributed by atoms with Gasteiger partial charge >= 0.3 is 0 Å². The molecule has 1 unspecified atom stereocenters. The monoisotopic (exact) mass is 230 g/mol. The van der Waals surface area contributed by atoms with E-state index < -0.39 is 6.10 Å². The molecule has 0 saturated carbocycles. The van der Waals surface area contributed by atoms with Gasteiger partial charge in [0.25, 0.3) is 0 Å². The molecule has 0 spiro atoms. The van der Waals surface area contributed by atoms with E-state index in [4.69, 9.17) is 5.26 Å². The predicted octanol–water partition coefficient (Wildman–Crippen LogP) is 1.39. The zero-order valence-electron chi connectivity index (χ0n) is 9.67. The van der Waals surface area contributed by atoms with Crippen molar-refractivity contribution in [1.29, 1.82) is 5.26 Å². The minimum atomic E-state index is -0.456. The van der Waals surface area contributed by atoms with Crippen LogP contribution < -0.4 is 0 Å². The van der Waals surface area contributed by atoms with E-state index in [1.807, 2.05) is 6.07 Å². The second-order valence-electron chi connectivity index (χ2n) is 3.64. The Morgan fingerprint density at radius 2 is 2.47 bits per heavy atom. The summed E-state index contributed by atoms with van der Waals surface area (Å²) < 4.78 is 1.62. The molecular weight excluding hydrogens is 216 g/mol. The molecule has 88 valence electrons. The molecule has 5 nitrogen and oxygen atoms in total. The molecule has 1 aromatic heterocycles. The topological polar surface area (TPSA) is 74.2 Å².